The molecule has 1 amide bonds. The van der Waals surface area contributed by atoms with Crippen molar-refractivity contribution in [3.63, 3.8) is 0 Å². The minimum Gasteiger partial charge on any atom is -0.493 e. The number of rotatable bonds is 7. The number of thiophene rings is 1. The highest BCUT2D eigenvalue weighted by Crippen LogP contribution is 2.62. The highest BCUT2D eigenvalue weighted by molar-refractivity contribution is 7.12. The van der Waals surface area contributed by atoms with Crippen molar-refractivity contribution in [1.82, 2.24) is 4.90 Å². The van der Waals surface area contributed by atoms with E-state index < -0.39 is 23.4 Å². The van der Waals surface area contributed by atoms with Crippen LogP contribution in [0.15, 0.2) is 84.4 Å². The fraction of sp³-hybridized carbons (Fsp3) is 0.206. The van der Waals surface area contributed by atoms with Crippen LogP contribution in [0.3, 0.4) is 0 Å². The predicted octanol–water partition coefficient (Wildman–Crippen LogP) is 5.76. The van der Waals surface area contributed by atoms with Gasteiger partial charge in [-0.2, -0.15) is 0 Å². The number of fused-ring (bicyclic) bond motifs is 6. The summed E-state index contributed by atoms with van der Waals surface area (Å²) >= 11 is 1.32. The van der Waals surface area contributed by atoms with Gasteiger partial charge < -0.3 is 24.4 Å². The second kappa shape index (κ2) is 10.1. The molecule has 216 valence electrons. The molecule has 4 atom stereocenters. The van der Waals surface area contributed by atoms with Crippen LogP contribution in [0.25, 0.3) is 6.08 Å². The van der Waals surface area contributed by atoms with Gasteiger partial charge in [0.2, 0.25) is 11.7 Å². The Balaban J connectivity index is 1.54. The molecule has 3 aliphatic heterocycles. The normalized spacial score (nSPS) is 22.9. The summed E-state index contributed by atoms with van der Waals surface area (Å²) in [4.78, 5) is 46.6. The van der Waals surface area contributed by atoms with Crippen molar-refractivity contribution in [2.75, 3.05) is 26.6 Å². The Bertz CT molecular complexity index is 1790. The second-order valence-electron chi connectivity index (χ2n) is 10.7. The number of ether oxygens (including phenoxy) is 3. The zero-order chi connectivity index (χ0) is 29.9. The molecule has 0 radical (unpaired) electrons. The van der Waals surface area contributed by atoms with E-state index in [1.165, 1.54) is 32.7 Å². The lowest BCUT2D eigenvalue weighted by atomic mass is 9.62. The molecule has 0 aliphatic carbocycles. The zero-order valence-corrected chi connectivity index (χ0v) is 24.5. The van der Waals surface area contributed by atoms with Crippen LogP contribution < -0.4 is 19.5 Å². The Labute approximate surface area is 252 Å². The molecule has 9 heteroatoms. The smallest absolute Gasteiger partial charge is 0.238 e. The first-order valence-electron chi connectivity index (χ1n) is 13.8. The van der Waals surface area contributed by atoms with Crippen molar-refractivity contribution in [2.45, 2.75) is 17.5 Å². The average Bonchev–Trinajstić information content (AvgIpc) is 3.76. The first kappa shape index (κ1) is 27.0. The van der Waals surface area contributed by atoms with Crippen LogP contribution in [0.5, 0.6) is 17.2 Å². The molecule has 43 heavy (non-hydrogen) atoms. The van der Waals surface area contributed by atoms with Crippen LogP contribution in [0, 0.1) is 5.92 Å². The summed E-state index contributed by atoms with van der Waals surface area (Å²) in [5.41, 5.74) is 1.95. The van der Waals surface area contributed by atoms with E-state index in [0.29, 0.717) is 33.4 Å². The van der Waals surface area contributed by atoms with E-state index in [0.717, 1.165) is 11.1 Å². The van der Waals surface area contributed by atoms with Crippen molar-refractivity contribution in [3.05, 3.63) is 112 Å². The Hall–Kier alpha value is -4.89. The number of Topliss-reactive ketones (excluding diaryl/α,β-unsaturated/α-hetero) is 2. The average molecular weight is 593 g/mol. The number of carbonyl (C=O) groups excluding carboxylic acids is 3. The van der Waals surface area contributed by atoms with Gasteiger partial charge in [-0.25, -0.2) is 0 Å². The summed E-state index contributed by atoms with van der Waals surface area (Å²) in [5, 5.41) is 4.91. The van der Waals surface area contributed by atoms with Crippen molar-refractivity contribution >= 4 is 40.6 Å². The van der Waals surface area contributed by atoms with Crippen LogP contribution in [0.2, 0.25) is 0 Å². The number of para-hydroxylation sites is 1. The summed E-state index contributed by atoms with van der Waals surface area (Å²) in [5.74, 6) is -1.07. The van der Waals surface area contributed by atoms with Gasteiger partial charge in [-0.3, -0.25) is 14.4 Å². The molecule has 8 nitrogen and oxygen atoms in total. The fourth-order valence-corrected chi connectivity index (χ4v) is 7.83. The van der Waals surface area contributed by atoms with Crippen molar-refractivity contribution in [3.8, 4) is 17.2 Å². The summed E-state index contributed by atoms with van der Waals surface area (Å²) in [6.45, 7) is 0. The summed E-state index contributed by atoms with van der Waals surface area (Å²) < 4.78 is 16.7. The van der Waals surface area contributed by atoms with Crippen molar-refractivity contribution in [2.24, 2.45) is 5.92 Å². The van der Waals surface area contributed by atoms with Crippen LogP contribution >= 0.6 is 11.3 Å². The lowest BCUT2D eigenvalue weighted by Gasteiger charge is -2.38. The molecule has 3 aromatic carbocycles. The van der Waals surface area contributed by atoms with Crippen molar-refractivity contribution < 1.29 is 28.6 Å². The standard InChI is InChI=1S/C34H28N2O6S/c1-40-24-17-20(18-25(41-2)31(24)42-3)29(37)27-28(30(38)26-13-8-16-43-26)36-15-14-19-9-4-5-10-21(19)32(36)34(27)22-11-6-7-12-23(22)35-33(34)39/h4-18,27-28,32H,1-3H3,(H,35,39)/t27-,28+,32-,34+/m0/s1. The third-order valence-corrected chi connectivity index (χ3v) is 9.72. The van der Waals surface area contributed by atoms with Gasteiger partial charge >= 0.3 is 0 Å². The Kier molecular flexibility index (Phi) is 6.36. The second-order valence-corrected chi connectivity index (χ2v) is 11.7. The van der Waals surface area contributed by atoms with Gasteiger partial charge in [0.05, 0.1) is 38.2 Å². The SMILES string of the molecule is COc1cc(C(=O)[C@@H]2[C@H](C(=O)c3cccs3)N3C=Cc4ccccc4[C@H]3[C@]23C(=O)Nc2ccccc23)cc(OC)c1OC. The summed E-state index contributed by atoms with van der Waals surface area (Å²) in [7, 11) is 4.45. The molecule has 0 unspecified atom stereocenters. The number of benzene rings is 3. The molecule has 0 saturated carbocycles. The number of anilines is 1. The van der Waals surface area contributed by atoms with Gasteiger partial charge in [0.25, 0.3) is 0 Å². The van der Waals surface area contributed by atoms with E-state index in [1.807, 2.05) is 77.2 Å². The topological polar surface area (TPSA) is 94.2 Å². The van der Waals surface area contributed by atoms with Crippen LogP contribution in [0.4, 0.5) is 5.69 Å². The van der Waals surface area contributed by atoms with Gasteiger partial charge in [0.15, 0.2) is 23.1 Å². The van der Waals surface area contributed by atoms with Gasteiger partial charge in [-0.15, -0.1) is 11.3 Å². The minimum absolute atomic E-state index is 0.219. The van der Waals surface area contributed by atoms with Crippen LogP contribution in [-0.4, -0.2) is 49.7 Å². The Morgan fingerprint density at radius 1 is 0.884 bits per heavy atom. The largest absolute Gasteiger partial charge is 0.493 e. The third kappa shape index (κ3) is 3.71. The molecule has 1 N–H and O–H groups in total. The molecular weight excluding hydrogens is 564 g/mol. The molecule has 7 rings (SSSR count). The Morgan fingerprint density at radius 3 is 2.30 bits per heavy atom. The maximum Gasteiger partial charge on any atom is 0.238 e. The lowest BCUT2D eigenvalue weighted by molar-refractivity contribution is -0.122. The van der Waals surface area contributed by atoms with Gasteiger partial charge in [0.1, 0.15) is 11.5 Å². The van der Waals surface area contributed by atoms with Gasteiger partial charge in [0, 0.05) is 17.5 Å². The molecule has 1 spiro atoms. The van der Waals surface area contributed by atoms with E-state index in [4.69, 9.17) is 14.2 Å². The highest BCUT2D eigenvalue weighted by atomic mass is 32.1. The fourth-order valence-electron chi connectivity index (χ4n) is 7.14. The molecule has 1 saturated heterocycles. The highest BCUT2D eigenvalue weighted by Gasteiger charge is 2.70. The van der Waals surface area contributed by atoms with E-state index in [9.17, 15) is 9.59 Å². The van der Waals surface area contributed by atoms with E-state index in [-0.39, 0.29) is 23.0 Å². The van der Waals surface area contributed by atoms with Crippen molar-refractivity contribution in [1.29, 1.82) is 0 Å². The molecule has 4 heterocycles. The number of ketones is 2. The molecule has 3 aliphatic rings. The third-order valence-electron chi connectivity index (χ3n) is 8.83. The summed E-state index contributed by atoms with van der Waals surface area (Å²) in [6, 6.07) is 20.4. The van der Waals surface area contributed by atoms with Gasteiger partial charge in [-0.1, -0.05) is 48.5 Å². The Morgan fingerprint density at radius 2 is 1.60 bits per heavy atom. The minimum atomic E-state index is -1.42. The van der Waals surface area contributed by atoms with E-state index >= 15 is 4.79 Å². The number of carbonyl (C=O) groups is 3. The lowest BCUT2D eigenvalue weighted by Crippen LogP contribution is -2.49. The number of nitrogens with one attached hydrogen (secondary N) is 1. The number of methoxy groups -OCH3 is 3. The van der Waals surface area contributed by atoms with Crippen LogP contribution in [0.1, 0.15) is 42.8 Å². The van der Waals surface area contributed by atoms with Crippen LogP contribution in [-0.2, 0) is 10.2 Å². The number of nitrogens with zero attached hydrogens (tertiary/aromatic N) is 1. The predicted molar refractivity (Wildman–Crippen MR) is 163 cm³/mol. The monoisotopic (exact) mass is 592 g/mol. The number of hydrogen-bond acceptors (Lipinski definition) is 8. The molecule has 1 fully saturated rings. The van der Waals surface area contributed by atoms with Gasteiger partial charge in [-0.05, 0) is 52.4 Å². The van der Waals surface area contributed by atoms with E-state index in [2.05, 4.69) is 5.32 Å². The molecule has 0 bridgehead atoms. The molecule has 4 aromatic rings. The first-order chi connectivity index (χ1) is 20.9. The molecular formula is C34H28N2O6S. The number of amides is 1. The number of hydrogen-bond donors (Lipinski definition) is 1. The first-order valence-corrected chi connectivity index (χ1v) is 14.7. The maximum atomic E-state index is 15.1. The van der Waals surface area contributed by atoms with E-state index in [1.54, 1.807) is 18.2 Å². The zero-order valence-electron chi connectivity index (χ0n) is 23.7. The maximum absolute atomic E-state index is 15.1. The molecule has 1 aromatic heterocycles. The quantitative estimate of drug-likeness (QED) is 0.273. The summed E-state index contributed by atoms with van der Waals surface area (Å²) in [6.07, 6.45) is 3.81.